The number of nitro groups is 1. The Morgan fingerprint density at radius 3 is 2.60 bits per heavy atom. The SMILES string of the molecule is COC(=O)[C@H](C)Oc1c(Cl)cc(C=Nn2c(C(C)(C)C)nc3ccc(Br)cc3c2=O)cc1[N+](=O)[O-]. The first kappa shape index (κ1) is 26.3. The van der Waals surface area contributed by atoms with Crippen molar-refractivity contribution < 1.29 is 19.2 Å². The molecule has 1 aromatic heterocycles. The van der Waals surface area contributed by atoms with Crippen LogP contribution < -0.4 is 10.3 Å². The van der Waals surface area contributed by atoms with Crippen molar-refractivity contribution in [2.24, 2.45) is 5.10 Å². The zero-order valence-corrected chi connectivity index (χ0v) is 21.9. The molecule has 0 aliphatic carbocycles. The molecule has 0 bridgehead atoms. The van der Waals surface area contributed by atoms with Crippen molar-refractivity contribution >= 4 is 56.3 Å². The number of esters is 1. The van der Waals surface area contributed by atoms with Crippen LogP contribution in [0.2, 0.25) is 5.02 Å². The number of nitro benzene ring substituents is 1. The van der Waals surface area contributed by atoms with Crippen molar-refractivity contribution in [3.05, 3.63) is 71.7 Å². The zero-order valence-electron chi connectivity index (χ0n) is 19.5. The third kappa shape index (κ3) is 5.68. The molecule has 0 radical (unpaired) electrons. The quantitative estimate of drug-likeness (QED) is 0.181. The van der Waals surface area contributed by atoms with E-state index in [0.717, 1.165) is 4.68 Å². The van der Waals surface area contributed by atoms with Crippen molar-refractivity contribution in [3.8, 4) is 5.75 Å². The highest BCUT2D eigenvalue weighted by molar-refractivity contribution is 9.10. The summed E-state index contributed by atoms with van der Waals surface area (Å²) in [6.07, 6.45) is 0.153. The zero-order chi connectivity index (χ0) is 26.1. The van der Waals surface area contributed by atoms with Crippen LogP contribution in [-0.4, -0.2) is 40.0 Å². The molecular weight excluding hydrogens is 544 g/mol. The second-order valence-corrected chi connectivity index (χ2v) is 9.92. The van der Waals surface area contributed by atoms with Gasteiger partial charge in [-0.2, -0.15) is 9.78 Å². The van der Waals surface area contributed by atoms with Gasteiger partial charge < -0.3 is 9.47 Å². The Bertz CT molecular complexity index is 1410. The number of nitrogens with zero attached hydrogens (tertiary/aromatic N) is 4. The van der Waals surface area contributed by atoms with Crippen LogP contribution >= 0.6 is 27.5 Å². The van der Waals surface area contributed by atoms with Gasteiger partial charge in [-0.25, -0.2) is 9.78 Å². The molecule has 12 heteroatoms. The smallest absolute Gasteiger partial charge is 0.346 e. The average molecular weight is 566 g/mol. The van der Waals surface area contributed by atoms with Gasteiger partial charge in [0.1, 0.15) is 5.82 Å². The monoisotopic (exact) mass is 564 g/mol. The topological polar surface area (TPSA) is 126 Å². The maximum Gasteiger partial charge on any atom is 0.346 e. The molecule has 35 heavy (non-hydrogen) atoms. The fourth-order valence-corrected chi connectivity index (χ4v) is 3.81. The first-order chi connectivity index (χ1) is 16.3. The van der Waals surface area contributed by atoms with Crippen molar-refractivity contribution in [1.29, 1.82) is 0 Å². The number of ether oxygens (including phenoxy) is 2. The second-order valence-electron chi connectivity index (χ2n) is 8.60. The van der Waals surface area contributed by atoms with Gasteiger partial charge in [0.25, 0.3) is 5.56 Å². The van der Waals surface area contributed by atoms with Gasteiger partial charge in [-0.05, 0) is 31.2 Å². The van der Waals surface area contributed by atoms with Gasteiger partial charge in [-0.1, -0.05) is 48.3 Å². The van der Waals surface area contributed by atoms with Gasteiger partial charge in [-0.3, -0.25) is 14.9 Å². The highest BCUT2D eigenvalue weighted by Crippen LogP contribution is 2.36. The number of carbonyl (C=O) groups is 1. The van der Waals surface area contributed by atoms with Gasteiger partial charge in [0.2, 0.25) is 5.75 Å². The number of methoxy groups -OCH3 is 1. The van der Waals surface area contributed by atoms with Crippen LogP contribution in [0.4, 0.5) is 5.69 Å². The van der Waals surface area contributed by atoms with E-state index >= 15 is 0 Å². The molecule has 2 aromatic carbocycles. The molecule has 0 N–H and O–H groups in total. The molecule has 0 aliphatic heterocycles. The molecule has 0 fully saturated rings. The first-order valence-corrected chi connectivity index (χ1v) is 11.5. The summed E-state index contributed by atoms with van der Waals surface area (Å²) >= 11 is 9.61. The number of hydrogen-bond donors (Lipinski definition) is 0. The van der Waals surface area contributed by atoms with E-state index in [4.69, 9.17) is 16.3 Å². The molecule has 0 spiro atoms. The predicted molar refractivity (Wildman–Crippen MR) is 136 cm³/mol. The Hall–Kier alpha value is -3.31. The minimum atomic E-state index is -1.12. The van der Waals surface area contributed by atoms with Crippen LogP contribution in [0.5, 0.6) is 5.75 Å². The Labute approximate surface area is 213 Å². The van der Waals surface area contributed by atoms with E-state index in [1.54, 1.807) is 18.2 Å². The fourth-order valence-electron chi connectivity index (χ4n) is 3.18. The van der Waals surface area contributed by atoms with Crippen molar-refractivity contribution in [2.75, 3.05) is 7.11 Å². The Morgan fingerprint density at radius 1 is 1.31 bits per heavy atom. The molecule has 3 aromatic rings. The van der Waals surface area contributed by atoms with Crippen molar-refractivity contribution in [3.63, 3.8) is 0 Å². The summed E-state index contributed by atoms with van der Waals surface area (Å²) in [5.41, 5.74) is -0.651. The third-order valence-corrected chi connectivity index (χ3v) is 5.65. The van der Waals surface area contributed by atoms with Crippen LogP contribution in [0, 0.1) is 10.1 Å². The summed E-state index contributed by atoms with van der Waals surface area (Å²) in [7, 11) is 1.17. The number of hydrogen-bond acceptors (Lipinski definition) is 8. The fraction of sp³-hybridized carbons (Fsp3) is 0.304. The number of aromatic nitrogens is 2. The summed E-state index contributed by atoms with van der Waals surface area (Å²) in [4.78, 5) is 40.6. The molecular formula is C23H22BrClN4O6. The van der Waals surface area contributed by atoms with E-state index in [1.807, 2.05) is 20.8 Å². The van der Waals surface area contributed by atoms with Gasteiger partial charge in [0, 0.05) is 21.5 Å². The van der Waals surface area contributed by atoms with Crippen LogP contribution in [0.1, 0.15) is 39.1 Å². The highest BCUT2D eigenvalue weighted by Gasteiger charge is 2.26. The minimum absolute atomic E-state index is 0.111. The second kappa shape index (κ2) is 10.1. The molecule has 10 nitrogen and oxygen atoms in total. The molecule has 1 heterocycles. The summed E-state index contributed by atoms with van der Waals surface area (Å²) in [6.45, 7) is 7.05. The van der Waals surface area contributed by atoms with Gasteiger partial charge >= 0.3 is 11.7 Å². The lowest BCUT2D eigenvalue weighted by Gasteiger charge is -2.20. The predicted octanol–water partition coefficient (Wildman–Crippen LogP) is 4.84. The van der Waals surface area contributed by atoms with Crippen molar-refractivity contribution in [1.82, 2.24) is 9.66 Å². The summed E-state index contributed by atoms with van der Waals surface area (Å²) in [5, 5.41) is 16.2. The molecule has 0 saturated heterocycles. The largest absolute Gasteiger partial charge is 0.471 e. The van der Waals surface area contributed by atoms with E-state index in [9.17, 15) is 19.7 Å². The molecule has 184 valence electrons. The highest BCUT2D eigenvalue weighted by atomic mass is 79.9. The van der Waals surface area contributed by atoms with Crippen LogP contribution in [-0.2, 0) is 14.9 Å². The number of benzene rings is 2. The van der Waals surface area contributed by atoms with Gasteiger partial charge in [0.15, 0.2) is 6.10 Å². The lowest BCUT2D eigenvalue weighted by molar-refractivity contribution is -0.386. The van der Waals surface area contributed by atoms with Crippen LogP contribution in [0.15, 0.2) is 44.7 Å². The number of rotatable bonds is 6. The summed E-state index contributed by atoms with van der Waals surface area (Å²) in [5.74, 6) is -0.594. The normalized spacial score (nSPS) is 12.7. The number of halogens is 2. The lowest BCUT2D eigenvalue weighted by atomic mass is 9.95. The Morgan fingerprint density at radius 2 is 2.00 bits per heavy atom. The summed E-state index contributed by atoms with van der Waals surface area (Å²) < 4.78 is 11.8. The van der Waals surface area contributed by atoms with E-state index in [-0.39, 0.29) is 16.3 Å². The van der Waals surface area contributed by atoms with Gasteiger partial charge in [0.05, 0.1) is 34.2 Å². The Kier molecular flexibility index (Phi) is 7.61. The van der Waals surface area contributed by atoms with Crippen molar-refractivity contribution in [2.45, 2.75) is 39.2 Å². The average Bonchev–Trinajstić information content (AvgIpc) is 2.78. The maximum atomic E-state index is 13.3. The van der Waals surface area contributed by atoms with Crippen LogP contribution in [0.25, 0.3) is 10.9 Å². The number of carbonyl (C=O) groups excluding carboxylic acids is 1. The lowest BCUT2D eigenvalue weighted by Crippen LogP contribution is -2.29. The molecule has 0 aliphatic rings. The molecule has 0 unspecified atom stereocenters. The van der Waals surface area contributed by atoms with E-state index in [0.29, 0.717) is 21.2 Å². The van der Waals surface area contributed by atoms with Gasteiger partial charge in [-0.15, -0.1) is 0 Å². The first-order valence-electron chi connectivity index (χ1n) is 10.3. The summed E-state index contributed by atoms with van der Waals surface area (Å²) in [6, 6.07) is 7.74. The molecule has 1 atom stereocenters. The maximum absolute atomic E-state index is 13.3. The van der Waals surface area contributed by atoms with Crippen LogP contribution in [0.3, 0.4) is 0 Å². The minimum Gasteiger partial charge on any atom is -0.471 e. The third-order valence-electron chi connectivity index (χ3n) is 4.87. The van der Waals surface area contributed by atoms with E-state index in [2.05, 4.69) is 30.8 Å². The Balaban J connectivity index is 2.14. The van der Waals surface area contributed by atoms with E-state index in [1.165, 1.54) is 32.4 Å². The van der Waals surface area contributed by atoms with E-state index < -0.39 is 33.7 Å². The standard InChI is InChI=1S/C23H22BrClN4O6/c1-12(21(31)34-5)35-19-16(25)8-13(9-18(19)29(32)33)11-26-28-20(30)15-10-14(24)6-7-17(15)27-22(28)23(2,3)4/h6-12H,1-5H3/t12-/m0/s1. The number of fused-ring (bicyclic) bond motifs is 1. The molecule has 0 saturated carbocycles. The molecule has 0 amide bonds. The molecule has 3 rings (SSSR count).